The average molecular weight is 358 g/mol. The minimum Gasteiger partial charge on any atom is -0.457 e. The summed E-state index contributed by atoms with van der Waals surface area (Å²) in [5.74, 6) is 1.30. The van der Waals surface area contributed by atoms with Gasteiger partial charge in [0.2, 0.25) is 0 Å². The Morgan fingerprint density at radius 2 is 1.41 bits per heavy atom. The van der Waals surface area contributed by atoms with Crippen LogP contribution >= 0.6 is 0 Å². The Kier molecular flexibility index (Phi) is 5.18. The highest BCUT2D eigenvalue weighted by atomic mass is 16.5. The van der Waals surface area contributed by atoms with Gasteiger partial charge in [0.1, 0.15) is 11.5 Å². The van der Waals surface area contributed by atoms with E-state index in [1.165, 1.54) is 16.7 Å². The molecule has 0 atom stereocenters. The highest BCUT2D eigenvalue weighted by Crippen LogP contribution is 2.32. The van der Waals surface area contributed by atoms with Crippen LogP contribution in [0.25, 0.3) is 11.1 Å². The molecule has 2 heteroatoms. The maximum atomic E-state index is 11.5. The first-order valence-electron chi connectivity index (χ1n) is 9.22. The second kappa shape index (κ2) is 7.40. The molecule has 0 saturated heterocycles. The summed E-state index contributed by atoms with van der Waals surface area (Å²) in [6.07, 6.45) is 0.837. The fourth-order valence-corrected chi connectivity index (χ4v) is 3.19. The van der Waals surface area contributed by atoms with Crippen molar-refractivity contribution in [3.05, 3.63) is 82.9 Å². The van der Waals surface area contributed by atoms with Crippen molar-refractivity contribution in [1.29, 1.82) is 0 Å². The Balaban J connectivity index is 1.95. The molecule has 0 heterocycles. The van der Waals surface area contributed by atoms with E-state index < -0.39 is 0 Å². The van der Waals surface area contributed by atoms with Gasteiger partial charge in [0.25, 0.3) is 0 Å². The molecule has 27 heavy (non-hydrogen) atoms. The van der Waals surface area contributed by atoms with Crippen molar-refractivity contribution >= 4 is 6.29 Å². The predicted octanol–water partition coefficient (Wildman–Crippen LogP) is 6.87. The van der Waals surface area contributed by atoms with Crippen LogP contribution in [-0.4, -0.2) is 6.29 Å². The summed E-state index contributed by atoms with van der Waals surface area (Å²) in [7, 11) is 0. The summed E-state index contributed by atoms with van der Waals surface area (Å²) in [6.45, 7) is 10.7. The SMILES string of the molecule is Cc1cc(C)cc(-c2ccc(C=O)c(Oc3ccc(C(C)(C)C)cc3)c2)c1. The third-order valence-corrected chi connectivity index (χ3v) is 4.64. The van der Waals surface area contributed by atoms with E-state index in [2.05, 4.69) is 65.0 Å². The molecular formula is C25H26O2. The molecule has 0 unspecified atom stereocenters. The molecule has 0 bridgehead atoms. The van der Waals surface area contributed by atoms with Crippen molar-refractivity contribution in [1.82, 2.24) is 0 Å². The molecule has 3 aromatic rings. The van der Waals surface area contributed by atoms with E-state index in [1.54, 1.807) is 0 Å². The lowest BCUT2D eigenvalue weighted by atomic mass is 9.87. The summed E-state index contributed by atoms with van der Waals surface area (Å²) in [6, 6.07) is 20.2. The summed E-state index contributed by atoms with van der Waals surface area (Å²) in [5.41, 5.74) is 6.47. The number of benzene rings is 3. The summed E-state index contributed by atoms with van der Waals surface area (Å²) in [5, 5.41) is 0. The lowest BCUT2D eigenvalue weighted by molar-refractivity contribution is 0.112. The number of hydrogen-bond acceptors (Lipinski definition) is 2. The van der Waals surface area contributed by atoms with Gasteiger partial charge in [-0.1, -0.05) is 68.3 Å². The molecule has 0 N–H and O–H groups in total. The van der Waals surface area contributed by atoms with Crippen LogP contribution in [0.4, 0.5) is 0 Å². The molecule has 0 spiro atoms. The van der Waals surface area contributed by atoms with Gasteiger partial charge in [-0.15, -0.1) is 0 Å². The van der Waals surface area contributed by atoms with Crippen LogP contribution in [0.1, 0.15) is 47.8 Å². The van der Waals surface area contributed by atoms with E-state index in [1.807, 2.05) is 30.3 Å². The normalized spacial score (nSPS) is 11.3. The quantitative estimate of drug-likeness (QED) is 0.476. The van der Waals surface area contributed by atoms with E-state index in [9.17, 15) is 4.79 Å². The Bertz CT molecular complexity index is 940. The molecule has 0 aliphatic carbocycles. The van der Waals surface area contributed by atoms with Gasteiger partial charge in [0.05, 0.1) is 5.56 Å². The first-order valence-corrected chi connectivity index (χ1v) is 9.22. The van der Waals surface area contributed by atoms with Crippen molar-refractivity contribution in [2.45, 2.75) is 40.0 Å². The topological polar surface area (TPSA) is 26.3 Å². The smallest absolute Gasteiger partial charge is 0.153 e. The van der Waals surface area contributed by atoms with Crippen LogP contribution in [0.3, 0.4) is 0 Å². The molecule has 0 saturated carbocycles. The van der Waals surface area contributed by atoms with Crippen LogP contribution in [0, 0.1) is 13.8 Å². The number of carbonyl (C=O) groups is 1. The Labute approximate surface area is 161 Å². The van der Waals surface area contributed by atoms with Crippen LogP contribution in [0.15, 0.2) is 60.7 Å². The summed E-state index contributed by atoms with van der Waals surface area (Å²) in [4.78, 5) is 11.5. The number of hydrogen-bond donors (Lipinski definition) is 0. The van der Waals surface area contributed by atoms with Crippen molar-refractivity contribution in [3.63, 3.8) is 0 Å². The predicted molar refractivity (Wildman–Crippen MR) is 112 cm³/mol. The first kappa shape index (κ1) is 18.9. The lowest BCUT2D eigenvalue weighted by Crippen LogP contribution is -2.10. The first-order chi connectivity index (χ1) is 12.8. The third-order valence-electron chi connectivity index (χ3n) is 4.64. The van der Waals surface area contributed by atoms with Gasteiger partial charge in [-0.3, -0.25) is 4.79 Å². The van der Waals surface area contributed by atoms with Crippen LogP contribution < -0.4 is 4.74 Å². The number of aldehydes is 1. The average Bonchev–Trinajstić information content (AvgIpc) is 2.60. The van der Waals surface area contributed by atoms with Crippen LogP contribution in [-0.2, 0) is 5.41 Å². The minimum atomic E-state index is 0.0927. The third kappa shape index (κ3) is 4.46. The molecule has 0 amide bonds. The van der Waals surface area contributed by atoms with Gasteiger partial charge in [-0.2, -0.15) is 0 Å². The molecular weight excluding hydrogens is 332 g/mol. The molecule has 0 radical (unpaired) electrons. The van der Waals surface area contributed by atoms with Gasteiger partial charge < -0.3 is 4.74 Å². The maximum absolute atomic E-state index is 11.5. The zero-order valence-corrected chi connectivity index (χ0v) is 16.7. The van der Waals surface area contributed by atoms with Crippen molar-refractivity contribution in [2.75, 3.05) is 0 Å². The zero-order valence-electron chi connectivity index (χ0n) is 16.7. The van der Waals surface area contributed by atoms with E-state index in [0.717, 1.165) is 23.2 Å². The molecule has 0 fully saturated rings. The number of aryl methyl sites for hydroxylation is 2. The lowest BCUT2D eigenvalue weighted by Gasteiger charge is -2.19. The van der Waals surface area contributed by atoms with E-state index in [-0.39, 0.29) is 5.41 Å². The van der Waals surface area contributed by atoms with Gasteiger partial charge in [0, 0.05) is 0 Å². The molecule has 3 rings (SSSR count). The van der Waals surface area contributed by atoms with E-state index >= 15 is 0 Å². The minimum absolute atomic E-state index is 0.0927. The fourth-order valence-electron chi connectivity index (χ4n) is 3.19. The van der Waals surface area contributed by atoms with Crippen molar-refractivity contribution in [3.8, 4) is 22.6 Å². The molecule has 0 aromatic heterocycles. The molecule has 3 aromatic carbocycles. The highest BCUT2D eigenvalue weighted by Gasteiger charge is 2.14. The number of carbonyl (C=O) groups excluding carboxylic acids is 1. The molecule has 0 aliphatic heterocycles. The van der Waals surface area contributed by atoms with Gasteiger partial charge in [-0.25, -0.2) is 0 Å². The Morgan fingerprint density at radius 1 is 0.778 bits per heavy atom. The molecule has 138 valence electrons. The number of ether oxygens (including phenoxy) is 1. The largest absolute Gasteiger partial charge is 0.457 e. The highest BCUT2D eigenvalue weighted by molar-refractivity contribution is 5.82. The second-order valence-corrected chi connectivity index (χ2v) is 8.12. The summed E-state index contributed by atoms with van der Waals surface area (Å²) < 4.78 is 6.06. The zero-order chi connectivity index (χ0) is 19.6. The van der Waals surface area contributed by atoms with Crippen LogP contribution in [0.5, 0.6) is 11.5 Å². The Hall–Kier alpha value is -2.87. The fraction of sp³-hybridized carbons (Fsp3) is 0.240. The maximum Gasteiger partial charge on any atom is 0.153 e. The summed E-state index contributed by atoms with van der Waals surface area (Å²) >= 11 is 0. The van der Waals surface area contributed by atoms with Gasteiger partial charge in [-0.05, 0) is 60.2 Å². The van der Waals surface area contributed by atoms with Crippen molar-refractivity contribution < 1.29 is 9.53 Å². The Morgan fingerprint density at radius 3 is 1.96 bits per heavy atom. The van der Waals surface area contributed by atoms with Crippen LogP contribution in [0.2, 0.25) is 0 Å². The van der Waals surface area contributed by atoms with Gasteiger partial charge in [0.15, 0.2) is 6.29 Å². The number of rotatable bonds is 4. The molecule has 0 aliphatic rings. The van der Waals surface area contributed by atoms with E-state index in [0.29, 0.717) is 11.3 Å². The van der Waals surface area contributed by atoms with Gasteiger partial charge >= 0.3 is 0 Å². The molecule has 2 nitrogen and oxygen atoms in total. The second-order valence-electron chi connectivity index (χ2n) is 8.12. The monoisotopic (exact) mass is 358 g/mol. The standard InChI is InChI=1S/C25H26O2/c1-17-12-18(2)14-21(13-17)19-6-7-20(16-26)24(15-19)27-23-10-8-22(9-11-23)25(3,4)5/h6-16H,1-5H3. The van der Waals surface area contributed by atoms with E-state index in [4.69, 9.17) is 4.74 Å². The van der Waals surface area contributed by atoms with Crippen molar-refractivity contribution in [2.24, 2.45) is 0 Å².